The first-order valence-electron chi connectivity index (χ1n) is 6.93. The van der Waals surface area contributed by atoms with Crippen LogP contribution in [0.15, 0.2) is 0 Å². The van der Waals surface area contributed by atoms with Crippen LogP contribution in [0.25, 0.3) is 0 Å². The number of rotatable bonds is 3. The topological polar surface area (TPSA) is 87.7 Å². The van der Waals surface area contributed by atoms with Crippen LogP contribution < -0.4 is 10.6 Å². The van der Waals surface area contributed by atoms with Gasteiger partial charge in [0, 0.05) is 12.6 Å². The van der Waals surface area contributed by atoms with E-state index in [2.05, 4.69) is 10.6 Å². The van der Waals surface area contributed by atoms with Crippen LogP contribution in [0.3, 0.4) is 0 Å². The zero-order chi connectivity index (χ0) is 14.9. The number of carbonyl (C=O) groups is 3. The number of nitrogens with zero attached hydrogens (tertiary/aromatic N) is 1. The van der Waals surface area contributed by atoms with Crippen molar-refractivity contribution in [2.45, 2.75) is 51.4 Å². The second-order valence-corrected chi connectivity index (χ2v) is 5.47. The van der Waals surface area contributed by atoms with Crippen LogP contribution in [-0.4, -0.2) is 60.0 Å². The van der Waals surface area contributed by atoms with Gasteiger partial charge in [-0.15, -0.1) is 0 Å². The smallest absolute Gasteiger partial charge is 0.252 e. The van der Waals surface area contributed by atoms with Gasteiger partial charge in [-0.2, -0.15) is 0 Å². The molecule has 2 rings (SSSR count). The minimum atomic E-state index is -0.756. The normalized spacial score (nSPS) is 31.0. The van der Waals surface area contributed by atoms with E-state index >= 15 is 0 Å². The molecule has 2 aliphatic heterocycles. The third kappa shape index (κ3) is 2.83. The molecule has 2 aliphatic rings. The van der Waals surface area contributed by atoms with Crippen molar-refractivity contribution in [2.24, 2.45) is 0 Å². The second-order valence-electron chi connectivity index (χ2n) is 5.47. The van der Waals surface area contributed by atoms with Crippen molar-refractivity contribution >= 4 is 17.7 Å². The van der Waals surface area contributed by atoms with Crippen molar-refractivity contribution in [1.29, 1.82) is 0 Å². The Morgan fingerprint density at radius 1 is 1.45 bits per heavy atom. The standard InChI is InChI=1S/C13H21N3O4/c1-7(2)16-10(17)6-9(13(16)19)15-12(18)11-8(3)20-5-4-14-11/h7-9,11,14H,4-6H2,1-3H3,(H,15,18)/t8-,9?,11+/m1/s1. The van der Waals surface area contributed by atoms with E-state index in [1.165, 1.54) is 4.90 Å². The highest BCUT2D eigenvalue weighted by atomic mass is 16.5. The highest BCUT2D eigenvalue weighted by Gasteiger charge is 2.42. The molecule has 1 unspecified atom stereocenters. The molecule has 0 aliphatic carbocycles. The largest absolute Gasteiger partial charge is 0.375 e. The molecule has 20 heavy (non-hydrogen) atoms. The first-order chi connectivity index (χ1) is 9.41. The molecule has 2 N–H and O–H groups in total. The van der Waals surface area contributed by atoms with Crippen molar-refractivity contribution in [3.05, 3.63) is 0 Å². The predicted octanol–water partition coefficient (Wildman–Crippen LogP) is -0.985. The molecule has 2 saturated heterocycles. The second kappa shape index (κ2) is 5.88. The fraction of sp³-hybridized carbons (Fsp3) is 0.769. The Kier molecular flexibility index (Phi) is 4.39. The molecule has 3 amide bonds. The van der Waals surface area contributed by atoms with Crippen LogP contribution in [-0.2, 0) is 19.1 Å². The Morgan fingerprint density at radius 2 is 2.15 bits per heavy atom. The molecule has 0 saturated carbocycles. The zero-order valence-electron chi connectivity index (χ0n) is 12.0. The predicted molar refractivity (Wildman–Crippen MR) is 70.7 cm³/mol. The number of carbonyl (C=O) groups excluding carboxylic acids is 3. The van der Waals surface area contributed by atoms with Crippen molar-refractivity contribution in [2.75, 3.05) is 13.2 Å². The maximum absolute atomic E-state index is 12.2. The highest BCUT2D eigenvalue weighted by Crippen LogP contribution is 2.16. The summed E-state index contributed by atoms with van der Waals surface area (Å²) in [6.07, 6.45) is -0.220. The van der Waals surface area contributed by atoms with Gasteiger partial charge in [-0.1, -0.05) is 0 Å². The van der Waals surface area contributed by atoms with E-state index in [1.54, 1.807) is 20.8 Å². The lowest BCUT2D eigenvalue weighted by Gasteiger charge is -2.30. The maximum Gasteiger partial charge on any atom is 0.252 e. The van der Waals surface area contributed by atoms with Gasteiger partial charge < -0.3 is 15.4 Å². The number of ether oxygens (including phenoxy) is 1. The number of morpholine rings is 1. The van der Waals surface area contributed by atoms with Crippen LogP contribution in [0, 0.1) is 0 Å². The molecular formula is C13H21N3O4. The molecule has 0 bridgehead atoms. The van der Waals surface area contributed by atoms with Gasteiger partial charge in [0.15, 0.2) is 0 Å². The molecule has 7 heteroatoms. The molecule has 0 spiro atoms. The van der Waals surface area contributed by atoms with Gasteiger partial charge >= 0.3 is 0 Å². The number of hydrogen-bond donors (Lipinski definition) is 2. The fourth-order valence-electron chi connectivity index (χ4n) is 2.60. The van der Waals surface area contributed by atoms with E-state index in [1.807, 2.05) is 0 Å². The minimum Gasteiger partial charge on any atom is -0.375 e. The van der Waals surface area contributed by atoms with E-state index in [9.17, 15) is 14.4 Å². The third-order valence-electron chi connectivity index (χ3n) is 3.61. The number of hydrogen-bond acceptors (Lipinski definition) is 5. The summed E-state index contributed by atoms with van der Waals surface area (Å²) >= 11 is 0. The molecule has 0 aromatic rings. The maximum atomic E-state index is 12.2. The van der Waals surface area contributed by atoms with Crippen molar-refractivity contribution in [3.63, 3.8) is 0 Å². The van der Waals surface area contributed by atoms with Crippen molar-refractivity contribution in [3.8, 4) is 0 Å². The van der Waals surface area contributed by atoms with Crippen LogP contribution in [0.2, 0.25) is 0 Å². The lowest BCUT2D eigenvalue weighted by atomic mass is 10.1. The molecule has 7 nitrogen and oxygen atoms in total. The Morgan fingerprint density at radius 3 is 2.70 bits per heavy atom. The molecule has 0 aromatic carbocycles. The molecule has 2 fully saturated rings. The van der Waals surface area contributed by atoms with Gasteiger partial charge in [-0.05, 0) is 20.8 Å². The number of nitrogens with one attached hydrogen (secondary N) is 2. The Labute approximate surface area is 118 Å². The molecule has 112 valence electrons. The zero-order valence-corrected chi connectivity index (χ0v) is 12.0. The Hall–Kier alpha value is -1.47. The highest BCUT2D eigenvalue weighted by molar-refractivity contribution is 6.07. The Balaban J connectivity index is 1.98. The van der Waals surface area contributed by atoms with Crippen LogP contribution >= 0.6 is 0 Å². The monoisotopic (exact) mass is 283 g/mol. The summed E-state index contributed by atoms with van der Waals surface area (Å²) in [5, 5.41) is 5.71. The summed E-state index contributed by atoms with van der Waals surface area (Å²) in [5.74, 6) is -0.868. The first kappa shape index (κ1) is 14.9. The van der Waals surface area contributed by atoms with Crippen molar-refractivity contribution in [1.82, 2.24) is 15.5 Å². The molecular weight excluding hydrogens is 262 g/mol. The summed E-state index contributed by atoms with van der Waals surface area (Å²) in [6, 6.07) is -1.43. The number of likely N-dealkylation sites (tertiary alicyclic amines) is 1. The van der Waals surface area contributed by atoms with Gasteiger partial charge in [0.25, 0.3) is 5.91 Å². The van der Waals surface area contributed by atoms with E-state index in [0.717, 1.165) is 0 Å². The molecule has 0 aromatic heterocycles. The minimum absolute atomic E-state index is 0.0325. The lowest BCUT2D eigenvalue weighted by molar-refractivity contribution is -0.142. The van der Waals surface area contributed by atoms with E-state index in [-0.39, 0.29) is 36.3 Å². The van der Waals surface area contributed by atoms with E-state index in [0.29, 0.717) is 13.2 Å². The number of amides is 3. The molecule has 0 radical (unpaired) electrons. The van der Waals surface area contributed by atoms with Crippen LogP contribution in [0.5, 0.6) is 0 Å². The van der Waals surface area contributed by atoms with Crippen molar-refractivity contribution < 1.29 is 19.1 Å². The van der Waals surface area contributed by atoms with Gasteiger partial charge in [0.1, 0.15) is 12.1 Å². The quantitative estimate of drug-likeness (QED) is 0.650. The average molecular weight is 283 g/mol. The summed E-state index contributed by atoms with van der Waals surface area (Å²) in [4.78, 5) is 37.2. The summed E-state index contributed by atoms with van der Waals surface area (Å²) in [5.41, 5.74) is 0. The summed E-state index contributed by atoms with van der Waals surface area (Å²) in [6.45, 7) is 6.51. The lowest BCUT2D eigenvalue weighted by Crippen LogP contribution is -2.58. The van der Waals surface area contributed by atoms with Gasteiger partial charge in [-0.25, -0.2) is 0 Å². The number of imide groups is 1. The first-order valence-corrected chi connectivity index (χ1v) is 6.93. The van der Waals surface area contributed by atoms with Gasteiger partial charge in [0.05, 0.1) is 19.1 Å². The van der Waals surface area contributed by atoms with Crippen LogP contribution in [0.4, 0.5) is 0 Å². The third-order valence-corrected chi connectivity index (χ3v) is 3.61. The van der Waals surface area contributed by atoms with E-state index < -0.39 is 12.1 Å². The van der Waals surface area contributed by atoms with E-state index in [4.69, 9.17) is 4.74 Å². The van der Waals surface area contributed by atoms with Crippen LogP contribution in [0.1, 0.15) is 27.2 Å². The van der Waals surface area contributed by atoms with Gasteiger partial charge in [-0.3, -0.25) is 19.3 Å². The van der Waals surface area contributed by atoms with Gasteiger partial charge in [0.2, 0.25) is 11.8 Å². The average Bonchev–Trinajstić information content (AvgIpc) is 2.64. The fourth-order valence-corrected chi connectivity index (χ4v) is 2.60. The SMILES string of the molecule is CC(C)N1C(=O)CC(NC(=O)[C@H]2NCCO[C@@H]2C)C1=O. The molecule has 2 heterocycles. The summed E-state index contributed by atoms with van der Waals surface area (Å²) < 4.78 is 5.40. The Bertz CT molecular complexity index is 424. The molecule has 3 atom stereocenters. The summed E-state index contributed by atoms with van der Waals surface area (Å²) in [7, 11) is 0.